The van der Waals surface area contributed by atoms with Crippen molar-refractivity contribution >= 4 is 17.7 Å². The first-order valence-corrected chi connectivity index (χ1v) is 6.88. The summed E-state index contributed by atoms with van der Waals surface area (Å²) in [5.74, 6) is 0.359. The van der Waals surface area contributed by atoms with E-state index in [0.717, 1.165) is 0 Å². The summed E-state index contributed by atoms with van der Waals surface area (Å²) in [5, 5.41) is 0. The zero-order valence-electron chi connectivity index (χ0n) is 11.7. The number of rotatable bonds is 3. The summed E-state index contributed by atoms with van der Waals surface area (Å²) in [4.78, 5) is 38.5. The Kier molecular flexibility index (Phi) is 3.37. The number of hydrogen-bond acceptors (Lipinski definition) is 4. The molecule has 0 spiro atoms. The van der Waals surface area contributed by atoms with Gasteiger partial charge in [-0.3, -0.25) is 19.3 Å². The maximum absolute atomic E-state index is 12.2. The molecule has 0 bridgehead atoms. The Morgan fingerprint density at radius 1 is 1.10 bits per heavy atom. The van der Waals surface area contributed by atoms with Gasteiger partial charge in [-0.25, -0.2) is 0 Å². The maximum Gasteiger partial charge on any atom is 0.254 e. The van der Waals surface area contributed by atoms with Crippen molar-refractivity contribution in [1.29, 1.82) is 0 Å². The molecule has 3 amide bonds. The molecule has 3 rings (SSSR count). The molecule has 1 aromatic rings. The lowest BCUT2D eigenvalue weighted by atomic mass is 10.0. The largest absolute Gasteiger partial charge is 0.497 e. The van der Waals surface area contributed by atoms with E-state index in [2.05, 4.69) is 0 Å². The molecule has 1 aromatic carbocycles. The Hall–Kier alpha value is -2.37. The fraction of sp³-hybridized carbons (Fsp3) is 0.400. The molecule has 21 heavy (non-hydrogen) atoms. The molecule has 0 saturated carbocycles. The van der Waals surface area contributed by atoms with E-state index in [1.807, 2.05) is 0 Å². The number of carbonyl (C=O) groups is 3. The van der Waals surface area contributed by atoms with Crippen LogP contribution in [0.5, 0.6) is 5.75 Å². The SMILES string of the molecule is COc1ccc(C(=O)N2CC(N3C(=O)CCC3=O)C2)cc1. The van der Waals surface area contributed by atoms with Crippen molar-refractivity contribution in [2.45, 2.75) is 18.9 Å². The van der Waals surface area contributed by atoms with E-state index in [4.69, 9.17) is 4.74 Å². The number of likely N-dealkylation sites (tertiary alicyclic amines) is 2. The van der Waals surface area contributed by atoms with E-state index in [1.165, 1.54) is 4.90 Å². The third-order valence-electron chi connectivity index (χ3n) is 3.94. The van der Waals surface area contributed by atoms with E-state index >= 15 is 0 Å². The summed E-state index contributed by atoms with van der Waals surface area (Å²) < 4.78 is 5.05. The van der Waals surface area contributed by atoms with E-state index in [0.29, 0.717) is 37.2 Å². The normalized spacial score (nSPS) is 18.9. The third-order valence-corrected chi connectivity index (χ3v) is 3.94. The molecule has 2 saturated heterocycles. The van der Waals surface area contributed by atoms with Gasteiger partial charge in [0.25, 0.3) is 5.91 Å². The number of carbonyl (C=O) groups excluding carboxylic acids is 3. The van der Waals surface area contributed by atoms with E-state index in [9.17, 15) is 14.4 Å². The number of benzene rings is 1. The van der Waals surface area contributed by atoms with Crippen molar-refractivity contribution in [3.63, 3.8) is 0 Å². The van der Waals surface area contributed by atoms with Gasteiger partial charge in [-0.05, 0) is 24.3 Å². The van der Waals surface area contributed by atoms with Gasteiger partial charge in [-0.1, -0.05) is 0 Å². The first-order chi connectivity index (χ1) is 10.1. The van der Waals surface area contributed by atoms with Gasteiger partial charge in [0.05, 0.1) is 13.2 Å². The zero-order valence-corrected chi connectivity index (χ0v) is 11.7. The molecule has 2 heterocycles. The standard InChI is InChI=1S/C15H16N2O4/c1-21-12-4-2-10(3-5-12)15(20)16-8-11(9-16)17-13(18)6-7-14(17)19/h2-5,11H,6-9H2,1H3. The van der Waals surface area contributed by atoms with Gasteiger partial charge >= 0.3 is 0 Å². The van der Waals surface area contributed by atoms with Crippen LogP contribution in [-0.4, -0.2) is 53.8 Å². The summed E-state index contributed by atoms with van der Waals surface area (Å²) in [6.45, 7) is 0.838. The van der Waals surface area contributed by atoms with E-state index in [-0.39, 0.29) is 23.8 Å². The van der Waals surface area contributed by atoms with Crippen molar-refractivity contribution in [3.05, 3.63) is 29.8 Å². The first kappa shape index (κ1) is 13.6. The highest BCUT2D eigenvalue weighted by molar-refractivity contribution is 6.03. The van der Waals surface area contributed by atoms with Crippen LogP contribution in [0.1, 0.15) is 23.2 Å². The van der Waals surface area contributed by atoms with Crippen molar-refractivity contribution in [2.75, 3.05) is 20.2 Å². The number of methoxy groups -OCH3 is 1. The minimum atomic E-state index is -0.158. The molecular formula is C15H16N2O4. The average Bonchev–Trinajstić information content (AvgIpc) is 2.78. The third kappa shape index (κ3) is 2.37. The minimum Gasteiger partial charge on any atom is -0.497 e. The highest BCUT2D eigenvalue weighted by atomic mass is 16.5. The Labute approximate surface area is 122 Å². The van der Waals surface area contributed by atoms with Crippen LogP contribution in [0.4, 0.5) is 0 Å². The van der Waals surface area contributed by atoms with E-state index < -0.39 is 0 Å². The molecule has 0 aromatic heterocycles. The Bertz CT molecular complexity index is 574. The van der Waals surface area contributed by atoms with Crippen LogP contribution in [-0.2, 0) is 9.59 Å². The molecule has 2 aliphatic rings. The second kappa shape index (κ2) is 5.20. The maximum atomic E-state index is 12.2. The molecule has 0 aliphatic carbocycles. The van der Waals surface area contributed by atoms with Gasteiger partial charge in [-0.15, -0.1) is 0 Å². The molecule has 2 fully saturated rings. The molecule has 6 nitrogen and oxygen atoms in total. The van der Waals surface area contributed by atoms with Crippen LogP contribution in [0.15, 0.2) is 24.3 Å². The fourth-order valence-corrected chi connectivity index (χ4v) is 2.70. The molecule has 6 heteroatoms. The molecular weight excluding hydrogens is 272 g/mol. The average molecular weight is 288 g/mol. The smallest absolute Gasteiger partial charge is 0.254 e. The molecule has 2 aliphatic heterocycles. The lowest BCUT2D eigenvalue weighted by molar-refractivity contribution is -0.144. The Balaban J connectivity index is 1.61. The van der Waals surface area contributed by atoms with Gasteiger partial charge in [0.1, 0.15) is 5.75 Å². The van der Waals surface area contributed by atoms with Crippen LogP contribution in [0.25, 0.3) is 0 Å². The summed E-state index contributed by atoms with van der Waals surface area (Å²) >= 11 is 0. The predicted octanol–water partition coefficient (Wildman–Crippen LogP) is 0.669. The molecule has 0 radical (unpaired) electrons. The lowest BCUT2D eigenvalue weighted by Crippen LogP contribution is -2.62. The highest BCUT2D eigenvalue weighted by Gasteiger charge is 2.42. The number of imide groups is 1. The zero-order chi connectivity index (χ0) is 15.0. The summed E-state index contributed by atoms with van der Waals surface area (Å²) in [6, 6.07) is 6.73. The van der Waals surface area contributed by atoms with Gasteiger partial charge in [0, 0.05) is 31.5 Å². The Morgan fingerprint density at radius 3 is 2.19 bits per heavy atom. The summed E-state index contributed by atoms with van der Waals surface area (Å²) in [6.07, 6.45) is 0.587. The quantitative estimate of drug-likeness (QED) is 0.767. The lowest BCUT2D eigenvalue weighted by Gasteiger charge is -2.43. The van der Waals surface area contributed by atoms with Gasteiger partial charge in [0.15, 0.2) is 0 Å². The van der Waals surface area contributed by atoms with Gasteiger partial charge in [0.2, 0.25) is 11.8 Å². The van der Waals surface area contributed by atoms with Crippen LogP contribution < -0.4 is 4.74 Å². The van der Waals surface area contributed by atoms with Crippen molar-refractivity contribution in [1.82, 2.24) is 9.80 Å². The molecule has 0 atom stereocenters. The Morgan fingerprint density at radius 2 is 1.67 bits per heavy atom. The van der Waals surface area contributed by atoms with Crippen LogP contribution >= 0.6 is 0 Å². The summed E-state index contributed by atoms with van der Waals surface area (Å²) in [5.41, 5.74) is 0.577. The van der Waals surface area contributed by atoms with Crippen LogP contribution in [0, 0.1) is 0 Å². The number of nitrogens with zero attached hydrogens (tertiary/aromatic N) is 2. The molecule has 110 valence electrons. The van der Waals surface area contributed by atoms with Gasteiger partial charge < -0.3 is 9.64 Å². The summed E-state index contributed by atoms with van der Waals surface area (Å²) in [7, 11) is 1.57. The topological polar surface area (TPSA) is 66.9 Å². The van der Waals surface area contributed by atoms with Crippen molar-refractivity contribution in [2.24, 2.45) is 0 Å². The van der Waals surface area contributed by atoms with E-state index in [1.54, 1.807) is 36.3 Å². The minimum absolute atomic E-state index is 0.0898. The van der Waals surface area contributed by atoms with Crippen molar-refractivity contribution < 1.29 is 19.1 Å². The molecule has 0 N–H and O–H groups in total. The second-order valence-corrected chi connectivity index (χ2v) is 5.25. The monoisotopic (exact) mass is 288 g/mol. The van der Waals surface area contributed by atoms with Crippen LogP contribution in [0.2, 0.25) is 0 Å². The first-order valence-electron chi connectivity index (χ1n) is 6.88. The predicted molar refractivity (Wildman–Crippen MR) is 73.8 cm³/mol. The highest BCUT2D eigenvalue weighted by Crippen LogP contribution is 2.24. The molecule has 0 unspecified atom stereocenters. The van der Waals surface area contributed by atoms with Crippen LogP contribution in [0.3, 0.4) is 0 Å². The fourth-order valence-electron chi connectivity index (χ4n) is 2.70. The second-order valence-electron chi connectivity index (χ2n) is 5.25. The number of hydrogen-bond donors (Lipinski definition) is 0. The van der Waals surface area contributed by atoms with Gasteiger partial charge in [-0.2, -0.15) is 0 Å². The van der Waals surface area contributed by atoms with Crippen molar-refractivity contribution in [3.8, 4) is 5.75 Å². The number of amides is 3. The number of ether oxygens (including phenoxy) is 1.